The van der Waals surface area contributed by atoms with E-state index >= 15 is 0 Å². The fourth-order valence-electron chi connectivity index (χ4n) is 1.33. The van der Waals surface area contributed by atoms with Crippen LogP contribution in [0.15, 0.2) is 18.3 Å². The molecule has 0 spiro atoms. The molecular formula is C10H11N5OW3-2. The quantitative estimate of drug-likeness (QED) is 0.432. The smallest absolute Gasteiger partial charge is 0.189 e. The summed E-state index contributed by atoms with van der Waals surface area (Å²) in [5, 5.41) is 13.0. The van der Waals surface area contributed by atoms with Crippen molar-refractivity contribution in [2.45, 2.75) is 19.5 Å². The molecule has 0 aliphatic heterocycles. The van der Waals surface area contributed by atoms with Crippen LogP contribution in [0.1, 0.15) is 17.4 Å². The van der Waals surface area contributed by atoms with Gasteiger partial charge < -0.3 is 20.2 Å². The number of carbonyl (C=O) groups excluding carboxylic acids is 1. The van der Waals surface area contributed by atoms with Gasteiger partial charge in [0.1, 0.15) is 0 Å². The predicted molar refractivity (Wildman–Crippen MR) is 55.4 cm³/mol. The number of H-pyrrole nitrogens is 1. The zero-order valence-electron chi connectivity index (χ0n) is 9.99. The monoisotopic (exact) mass is 769 g/mol. The Morgan fingerprint density at radius 3 is 2.79 bits per heavy atom. The molecule has 102 valence electrons. The number of nitrogens with one attached hydrogen (secondary N) is 2. The normalized spacial score (nSPS) is 10.4. The molecule has 6 nitrogen and oxygen atoms in total. The number of hydrogen-bond acceptors (Lipinski definition) is 3. The maximum Gasteiger partial charge on any atom is 0.189 e. The van der Waals surface area contributed by atoms with Crippen LogP contribution in [0, 0.1) is 12.4 Å². The second kappa shape index (κ2) is 10.7. The van der Waals surface area contributed by atoms with Gasteiger partial charge in [-0.15, -0.1) is 12.4 Å². The van der Waals surface area contributed by atoms with E-state index in [9.17, 15) is 4.79 Å². The molecule has 9 heteroatoms. The standard InChI is InChI=1S/C10H11N5O.3W/c1-8(7-15-6-2-4-12-15)13-10(16)9-3-5-11-14-9;;;/h2-3,6,8H,7H2,1H3,(H,11,14)(H,13,16);;;/q-2;;;/t8-;;;/m1.../s1. The SMILES string of the molecule is C[C@H](Cn1cc[c-]n1)NC(=O)c1c[c-][nH]n1.[W].[W].[W]. The summed E-state index contributed by atoms with van der Waals surface area (Å²) in [6, 6.07) is 3.19. The number of hydrogen-bond donors (Lipinski definition) is 2. The number of aromatic nitrogens is 4. The van der Waals surface area contributed by atoms with Crippen LogP contribution in [0.3, 0.4) is 0 Å². The number of amides is 1. The number of aromatic amines is 1. The van der Waals surface area contributed by atoms with Crippen molar-refractivity contribution in [1.82, 2.24) is 25.3 Å². The van der Waals surface area contributed by atoms with Gasteiger partial charge in [0, 0.05) is 75.8 Å². The van der Waals surface area contributed by atoms with Gasteiger partial charge in [-0.25, -0.2) is 0 Å². The van der Waals surface area contributed by atoms with E-state index in [1.807, 2.05) is 6.92 Å². The topological polar surface area (TPSA) is 75.6 Å². The van der Waals surface area contributed by atoms with Crippen LogP contribution in [-0.4, -0.2) is 31.9 Å². The van der Waals surface area contributed by atoms with Crippen molar-refractivity contribution in [1.29, 1.82) is 0 Å². The van der Waals surface area contributed by atoms with Crippen molar-refractivity contribution in [2.24, 2.45) is 0 Å². The molecule has 0 unspecified atom stereocenters. The fourth-order valence-corrected chi connectivity index (χ4v) is 1.33. The van der Waals surface area contributed by atoms with Crippen molar-refractivity contribution in [3.05, 3.63) is 36.4 Å². The van der Waals surface area contributed by atoms with Crippen LogP contribution in [-0.2, 0) is 69.7 Å². The van der Waals surface area contributed by atoms with Gasteiger partial charge in [0.2, 0.25) is 0 Å². The van der Waals surface area contributed by atoms with E-state index in [0.29, 0.717) is 12.2 Å². The van der Waals surface area contributed by atoms with Crippen LogP contribution in [0.25, 0.3) is 0 Å². The molecule has 2 rings (SSSR count). The maximum absolute atomic E-state index is 11.6. The van der Waals surface area contributed by atoms with E-state index in [-0.39, 0.29) is 75.1 Å². The summed E-state index contributed by atoms with van der Waals surface area (Å²) in [5.41, 5.74) is 0.332. The van der Waals surface area contributed by atoms with Crippen molar-refractivity contribution in [2.75, 3.05) is 0 Å². The Bertz CT molecular complexity index is 446. The van der Waals surface area contributed by atoms with Crippen LogP contribution in [0.2, 0.25) is 0 Å². The molecule has 0 aliphatic rings. The molecule has 0 fully saturated rings. The molecule has 2 heterocycles. The Labute approximate surface area is 154 Å². The van der Waals surface area contributed by atoms with Gasteiger partial charge in [0.25, 0.3) is 0 Å². The summed E-state index contributed by atoms with van der Waals surface area (Å²) in [7, 11) is 0. The molecule has 19 heavy (non-hydrogen) atoms. The van der Waals surface area contributed by atoms with Gasteiger partial charge in [-0.05, 0) is 12.6 Å². The van der Waals surface area contributed by atoms with Crippen molar-refractivity contribution in [3.8, 4) is 0 Å². The third-order valence-corrected chi connectivity index (χ3v) is 2.03. The molecule has 0 bridgehead atoms. The first-order valence-electron chi connectivity index (χ1n) is 4.87. The van der Waals surface area contributed by atoms with Gasteiger partial charge in [0.05, 0.1) is 0 Å². The summed E-state index contributed by atoms with van der Waals surface area (Å²) in [6.07, 6.45) is 7.10. The van der Waals surface area contributed by atoms with Crippen molar-refractivity contribution < 1.29 is 68.0 Å². The van der Waals surface area contributed by atoms with E-state index in [1.165, 1.54) is 6.07 Å². The Kier molecular flexibility index (Phi) is 12.0. The van der Waals surface area contributed by atoms with E-state index < -0.39 is 0 Å². The summed E-state index contributed by atoms with van der Waals surface area (Å²) < 4.78 is 1.71. The van der Waals surface area contributed by atoms with E-state index in [2.05, 4.69) is 33.0 Å². The molecule has 2 aromatic heterocycles. The largest absolute Gasteiger partial charge is 0.389 e. The van der Waals surface area contributed by atoms with Gasteiger partial charge in [-0.2, -0.15) is 18.3 Å². The van der Waals surface area contributed by atoms with Crippen molar-refractivity contribution in [3.63, 3.8) is 0 Å². The summed E-state index contributed by atoms with van der Waals surface area (Å²) in [4.78, 5) is 11.6. The Morgan fingerprint density at radius 1 is 1.53 bits per heavy atom. The minimum absolute atomic E-state index is 0. The van der Waals surface area contributed by atoms with Gasteiger partial charge >= 0.3 is 0 Å². The molecule has 1 amide bonds. The Balaban J connectivity index is 0. The minimum Gasteiger partial charge on any atom is -0.389 e. The van der Waals surface area contributed by atoms with Gasteiger partial charge in [0.15, 0.2) is 5.91 Å². The second-order valence-electron chi connectivity index (χ2n) is 3.44. The van der Waals surface area contributed by atoms with Crippen LogP contribution >= 0.6 is 0 Å². The van der Waals surface area contributed by atoms with Crippen molar-refractivity contribution >= 4 is 5.91 Å². The predicted octanol–water partition coefficient (Wildman–Crippen LogP) is 0.0176. The molecule has 0 saturated carbocycles. The maximum atomic E-state index is 11.6. The molecule has 2 N–H and O–H groups in total. The first-order chi connectivity index (χ1) is 7.75. The van der Waals surface area contributed by atoms with Gasteiger partial charge in [-0.3, -0.25) is 9.89 Å². The molecular weight excluding hydrogens is 758 g/mol. The molecule has 0 aliphatic carbocycles. The van der Waals surface area contributed by atoms with E-state index in [4.69, 9.17) is 0 Å². The third-order valence-electron chi connectivity index (χ3n) is 2.03. The zero-order valence-corrected chi connectivity index (χ0v) is 18.8. The number of nitrogens with zero attached hydrogens (tertiary/aromatic N) is 3. The fraction of sp³-hybridized carbons (Fsp3) is 0.300. The molecule has 0 radical (unpaired) electrons. The second-order valence-corrected chi connectivity index (χ2v) is 3.44. The first kappa shape index (κ1) is 21.3. The Morgan fingerprint density at radius 2 is 2.26 bits per heavy atom. The number of carbonyl (C=O) groups is 1. The molecule has 0 aromatic carbocycles. The van der Waals surface area contributed by atoms with E-state index in [1.54, 1.807) is 16.9 Å². The van der Waals surface area contributed by atoms with Crippen LogP contribution < -0.4 is 5.32 Å². The minimum atomic E-state index is -0.221. The first-order valence-corrected chi connectivity index (χ1v) is 4.87. The van der Waals surface area contributed by atoms with Crippen LogP contribution in [0.4, 0.5) is 0 Å². The summed E-state index contributed by atoms with van der Waals surface area (Å²) >= 11 is 0. The average molecular weight is 769 g/mol. The van der Waals surface area contributed by atoms with Crippen LogP contribution in [0.5, 0.6) is 0 Å². The Hall–Kier alpha value is -0.0451. The average Bonchev–Trinajstić information content (AvgIpc) is 2.88. The molecule has 1 atom stereocenters. The number of rotatable bonds is 4. The summed E-state index contributed by atoms with van der Waals surface area (Å²) in [6.45, 7) is 2.50. The molecule has 2 aromatic rings. The summed E-state index contributed by atoms with van der Waals surface area (Å²) in [5.74, 6) is -0.221. The van der Waals surface area contributed by atoms with E-state index in [0.717, 1.165) is 0 Å². The van der Waals surface area contributed by atoms with Gasteiger partial charge in [-0.1, -0.05) is 0 Å². The molecule has 0 saturated heterocycles. The zero-order chi connectivity index (χ0) is 11.4. The third kappa shape index (κ3) is 6.78.